The first kappa shape index (κ1) is 25.3. The van der Waals surface area contributed by atoms with Crippen molar-refractivity contribution in [1.82, 2.24) is 20.4 Å². The number of rotatable bonds is 4. The second-order valence-electron chi connectivity index (χ2n) is 7.63. The molecule has 1 aromatic rings. The van der Waals surface area contributed by atoms with Gasteiger partial charge in [-0.3, -0.25) is 14.9 Å². The molecular weight excluding hydrogens is 435 g/mol. The van der Waals surface area contributed by atoms with Crippen LogP contribution < -0.4 is 15.4 Å². The zero-order chi connectivity index (χ0) is 23.9. The fourth-order valence-electron chi connectivity index (χ4n) is 3.18. The van der Waals surface area contributed by atoms with Crippen molar-refractivity contribution in [2.24, 2.45) is 0 Å². The number of carbonyl (C=O) groups is 2. The number of nitrogens with zero attached hydrogens (tertiary/aromatic N) is 3. The molecule has 0 aromatic heterocycles. The molecule has 1 aromatic carbocycles. The Labute approximate surface area is 182 Å². The number of likely N-dealkylation sites (tertiary alicyclic amines) is 1. The number of amides is 2. The maximum Gasteiger partial charge on any atom is 0.471 e. The molecule has 0 radical (unpaired) electrons. The second-order valence-corrected chi connectivity index (χ2v) is 7.63. The van der Waals surface area contributed by atoms with Gasteiger partial charge in [-0.25, -0.2) is 4.79 Å². The van der Waals surface area contributed by atoms with Gasteiger partial charge in [-0.2, -0.15) is 13.2 Å². The summed E-state index contributed by atoms with van der Waals surface area (Å²) in [7, 11) is 3.96. The predicted molar refractivity (Wildman–Crippen MR) is 108 cm³/mol. The number of carbonyl (C=O) groups excluding carboxylic acids is 2. The first-order valence-electron chi connectivity index (χ1n) is 9.93. The number of ether oxygens (including phenoxy) is 1. The summed E-state index contributed by atoms with van der Waals surface area (Å²) in [6, 6.07) is 5.45. The minimum Gasteiger partial charge on any atom is -0.410 e. The Balaban J connectivity index is 0.000000258. The van der Waals surface area contributed by atoms with Gasteiger partial charge in [0.15, 0.2) is 0 Å². The van der Waals surface area contributed by atoms with Crippen LogP contribution in [0.4, 0.5) is 23.7 Å². The molecular formula is C19H26F3N5O5. The molecule has 2 aliphatic heterocycles. The molecule has 2 saturated heterocycles. The summed E-state index contributed by atoms with van der Waals surface area (Å²) in [5.74, 6) is -1.54. The van der Waals surface area contributed by atoms with Crippen LogP contribution in [-0.4, -0.2) is 85.3 Å². The van der Waals surface area contributed by atoms with Crippen molar-refractivity contribution in [2.45, 2.75) is 31.1 Å². The molecule has 13 heteroatoms. The lowest BCUT2D eigenvalue weighted by Crippen LogP contribution is -2.43. The molecule has 2 heterocycles. The third kappa shape index (κ3) is 7.64. The SMILES string of the molecule is CN(C)[C@H]1CCN(C(=O)Oc2ccc([N+](=O)[O-])cc2)C1.O=C(NC1CCNC1)C(F)(F)F. The Morgan fingerprint density at radius 1 is 1.25 bits per heavy atom. The minimum atomic E-state index is -4.76. The van der Waals surface area contributed by atoms with E-state index >= 15 is 0 Å². The van der Waals surface area contributed by atoms with Gasteiger partial charge in [0.2, 0.25) is 0 Å². The Hall–Kier alpha value is -2.93. The molecule has 0 bridgehead atoms. The van der Waals surface area contributed by atoms with Crippen LogP contribution in [-0.2, 0) is 4.79 Å². The fourth-order valence-corrected chi connectivity index (χ4v) is 3.18. The van der Waals surface area contributed by atoms with E-state index in [1.807, 2.05) is 19.4 Å². The van der Waals surface area contributed by atoms with Crippen molar-refractivity contribution in [1.29, 1.82) is 0 Å². The van der Waals surface area contributed by atoms with E-state index in [-0.39, 0.29) is 11.7 Å². The maximum absolute atomic E-state index is 12.0. The largest absolute Gasteiger partial charge is 0.471 e. The van der Waals surface area contributed by atoms with Crippen LogP contribution in [0.5, 0.6) is 5.75 Å². The summed E-state index contributed by atoms with van der Waals surface area (Å²) in [4.78, 5) is 36.1. The topological polar surface area (TPSA) is 117 Å². The summed E-state index contributed by atoms with van der Waals surface area (Å²) >= 11 is 0. The summed E-state index contributed by atoms with van der Waals surface area (Å²) in [5, 5.41) is 15.3. The second kappa shape index (κ2) is 11.1. The number of nitro groups is 1. The summed E-state index contributed by atoms with van der Waals surface area (Å²) in [6.45, 7) is 2.37. The van der Waals surface area contributed by atoms with Crippen LogP contribution in [0.2, 0.25) is 0 Å². The number of benzene rings is 1. The lowest BCUT2D eigenvalue weighted by molar-refractivity contribution is -0.384. The average Bonchev–Trinajstić information content (AvgIpc) is 3.40. The van der Waals surface area contributed by atoms with Gasteiger partial charge in [0, 0.05) is 43.9 Å². The van der Waals surface area contributed by atoms with E-state index < -0.39 is 23.1 Å². The highest BCUT2D eigenvalue weighted by molar-refractivity contribution is 5.82. The number of hydrogen-bond acceptors (Lipinski definition) is 7. The minimum absolute atomic E-state index is 0.0290. The van der Waals surface area contributed by atoms with E-state index in [1.165, 1.54) is 24.3 Å². The molecule has 2 amide bonds. The van der Waals surface area contributed by atoms with E-state index in [2.05, 4.69) is 10.2 Å². The predicted octanol–water partition coefficient (Wildman–Crippen LogP) is 1.76. The lowest BCUT2D eigenvalue weighted by atomic mass is 10.2. The van der Waals surface area contributed by atoms with Crippen LogP contribution >= 0.6 is 0 Å². The lowest BCUT2D eigenvalue weighted by Gasteiger charge is -2.20. The summed E-state index contributed by atoms with van der Waals surface area (Å²) in [6.07, 6.45) is -3.70. The quantitative estimate of drug-likeness (QED) is 0.518. The summed E-state index contributed by atoms with van der Waals surface area (Å²) < 4.78 is 40.2. The third-order valence-electron chi connectivity index (χ3n) is 5.06. The normalized spacial score (nSPS) is 20.5. The van der Waals surface area contributed by atoms with Crippen molar-refractivity contribution in [2.75, 3.05) is 40.3 Å². The zero-order valence-corrected chi connectivity index (χ0v) is 17.7. The van der Waals surface area contributed by atoms with Crippen LogP contribution in [0.1, 0.15) is 12.8 Å². The first-order valence-corrected chi connectivity index (χ1v) is 9.93. The Kier molecular flexibility index (Phi) is 8.78. The van der Waals surface area contributed by atoms with Gasteiger partial charge in [0.1, 0.15) is 5.75 Å². The van der Waals surface area contributed by atoms with E-state index in [1.54, 1.807) is 4.90 Å². The molecule has 2 fully saturated rings. The van der Waals surface area contributed by atoms with Crippen molar-refractivity contribution >= 4 is 17.7 Å². The van der Waals surface area contributed by atoms with Crippen LogP contribution in [0.3, 0.4) is 0 Å². The molecule has 3 rings (SSSR count). The molecule has 0 saturated carbocycles. The van der Waals surface area contributed by atoms with E-state index in [4.69, 9.17) is 4.74 Å². The van der Waals surface area contributed by atoms with Gasteiger partial charge in [-0.05, 0) is 45.6 Å². The molecule has 178 valence electrons. The highest BCUT2D eigenvalue weighted by Gasteiger charge is 2.39. The van der Waals surface area contributed by atoms with E-state index in [0.29, 0.717) is 44.4 Å². The van der Waals surface area contributed by atoms with Gasteiger partial charge in [-0.15, -0.1) is 0 Å². The van der Waals surface area contributed by atoms with Crippen molar-refractivity contribution in [3.63, 3.8) is 0 Å². The van der Waals surface area contributed by atoms with E-state index in [0.717, 1.165) is 6.42 Å². The summed E-state index contributed by atoms with van der Waals surface area (Å²) in [5.41, 5.74) is -0.0290. The van der Waals surface area contributed by atoms with Crippen LogP contribution in [0.25, 0.3) is 0 Å². The van der Waals surface area contributed by atoms with Gasteiger partial charge in [0.05, 0.1) is 4.92 Å². The van der Waals surface area contributed by atoms with Crippen molar-refractivity contribution < 1.29 is 32.4 Å². The van der Waals surface area contributed by atoms with Gasteiger partial charge in [-0.1, -0.05) is 0 Å². The molecule has 0 spiro atoms. The Morgan fingerprint density at radius 2 is 1.91 bits per heavy atom. The van der Waals surface area contributed by atoms with Crippen LogP contribution in [0.15, 0.2) is 24.3 Å². The monoisotopic (exact) mass is 461 g/mol. The first-order chi connectivity index (χ1) is 15.0. The number of halogens is 3. The number of nitrogens with one attached hydrogen (secondary N) is 2. The smallest absolute Gasteiger partial charge is 0.410 e. The van der Waals surface area contributed by atoms with Gasteiger partial charge < -0.3 is 25.2 Å². The van der Waals surface area contributed by atoms with Crippen molar-refractivity contribution in [3.8, 4) is 5.75 Å². The number of non-ortho nitro benzene ring substituents is 1. The standard InChI is InChI=1S/C13H17N3O4.C6H9F3N2O/c1-14(2)11-7-8-15(9-11)13(17)20-12-5-3-10(4-6-12)16(18)19;7-6(8,9)5(12)11-4-1-2-10-3-4/h3-6,11H,7-9H2,1-2H3;4,10H,1-3H2,(H,11,12)/t11-;/m0./s1. The third-order valence-corrected chi connectivity index (χ3v) is 5.06. The molecule has 1 unspecified atom stereocenters. The van der Waals surface area contributed by atoms with E-state index in [9.17, 15) is 32.9 Å². The van der Waals surface area contributed by atoms with Crippen LogP contribution in [0, 0.1) is 10.1 Å². The Bertz CT molecular complexity index is 798. The zero-order valence-electron chi connectivity index (χ0n) is 17.7. The van der Waals surface area contributed by atoms with Gasteiger partial charge >= 0.3 is 18.2 Å². The number of hydrogen-bond donors (Lipinski definition) is 2. The highest BCUT2D eigenvalue weighted by atomic mass is 19.4. The molecule has 0 aliphatic carbocycles. The number of nitro benzene ring substituents is 1. The molecule has 32 heavy (non-hydrogen) atoms. The molecule has 2 N–H and O–H groups in total. The fraction of sp³-hybridized carbons (Fsp3) is 0.579. The average molecular weight is 461 g/mol. The number of alkyl halides is 3. The maximum atomic E-state index is 12.0. The molecule has 10 nitrogen and oxygen atoms in total. The number of likely N-dealkylation sites (N-methyl/N-ethyl adjacent to an activating group) is 1. The molecule has 2 aliphatic rings. The highest BCUT2D eigenvalue weighted by Crippen LogP contribution is 2.20. The molecule has 2 atom stereocenters. The van der Waals surface area contributed by atoms with Crippen molar-refractivity contribution in [3.05, 3.63) is 34.4 Å². The van der Waals surface area contributed by atoms with Gasteiger partial charge in [0.25, 0.3) is 5.69 Å². The Morgan fingerprint density at radius 3 is 2.38 bits per heavy atom.